The number of hydrogen-bond donors (Lipinski definition) is 1. The second-order valence-corrected chi connectivity index (χ2v) is 6.64. The molecule has 1 aromatic carbocycles. The highest BCUT2D eigenvalue weighted by Crippen LogP contribution is 2.40. The van der Waals surface area contributed by atoms with E-state index in [-0.39, 0.29) is 0 Å². The van der Waals surface area contributed by atoms with E-state index in [0.29, 0.717) is 12.1 Å². The minimum Gasteiger partial charge on any atom is -0.328 e. The van der Waals surface area contributed by atoms with Crippen LogP contribution in [0, 0.1) is 5.92 Å². The summed E-state index contributed by atoms with van der Waals surface area (Å²) in [6.45, 7) is 0. The normalized spacial score (nSPS) is 27.8. The molecule has 2 heteroatoms. The van der Waals surface area contributed by atoms with Crippen molar-refractivity contribution in [2.24, 2.45) is 11.7 Å². The summed E-state index contributed by atoms with van der Waals surface area (Å²) < 4.78 is 0. The molecule has 0 bridgehead atoms. The first-order valence-corrected chi connectivity index (χ1v) is 7.69. The van der Waals surface area contributed by atoms with Gasteiger partial charge in [-0.05, 0) is 75.2 Å². The SMILES string of the molecule is CN(C)C(c1ccc2c(c1)CCCC2)C1CC(N)C1. The van der Waals surface area contributed by atoms with Crippen molar-refractivity contribution in [2.45, 2.75) is 50.6 Å². The Bertz CT molecular complexity index is 447. The third-order valence-corrected chi connectivity index (χ3v) is 4.93. The van der Waals surface area contributed by atoms with E-state index in [0.717, 1.165) is 5.92 Å². The van der Waals surface area contributed by atoms with E-state index in [9.17, 15) is 0 Å². The highest BCUT2D eigenvalue weighted by molar-refractivity contribution is 5.35. The van der Waals surface area contributed by atoms with Crippen molar-refractivity contribution in [1.82, 2.24) is 4.90 Å². The first-order chi connectivity index (χ1) is 9.15. The van der Waals surface area contributed by atoms with Crippen LogP contribution in [-0.4, -0.2) is 25.0 Å². The molecule has 1 unspecified atom stereocenters. The van der Waals surface area contributed by atoms with E-state index in [2.05, 4.69) is 37.2 Å². The molecule has 1 saturated carbocycles. The third-order valence-electron chi connectivity index (χ3n) is 4.93. The Morgan fingerprint density at radius 1 is 1.11 bits per heavy atom. The molecule has 0 amide bonds. The van der Waals surface area contributed by atoms with Crippen molar-refractivity contribution in [3.05, 3.63) is 34.9 Å². The fourth-order valence-corrected chi connectivity index (χ4v) is 3.90. The van der Waals surface area contributed by atoms with E-state index < -0.39 is 0 Å². The van der Waals surface area contributed by atoms with Crippen LogP contribution in [0.15, 0.2) is 18.2 Å². The predicted octanol–water partition coefficient (Wildman–Crippen LogP) is 2.91. The number of fused-ring (bicyclic) bond motifs is 1. The Labute approximate surface area is 117 Å². The summed E-state index contributed by atoms with van der Waals surface area (Å²) in [6, 6.07) is 8.19. The Morgan fingerprint density at radius 2 is 1.79 bits per heavy atom. The van der Waals surface area contributed by atoms with Gasteiger partial charge in [0.15, 0.2) is 0 Å². The standard InChI is InChI=1S/C17H26N2/c1-19(2)17(15-10-16(18)11-15)14-8-7-12-5-3-4-6-13(12)9-14/h7-9,15-17H,3-6,10-11,18H2,1-2H3. The van der Waals surface area contributed by atoms with Gasteiger partial charge in [-0.1, -0.05) is 18.2 Å². The van der Waals surface area contributed by atoms with E-state index in [1.165, 1.54) is 44.1 Å². The molecule has 0 radical (unpaired) electrons. The molecular formula is C17H26N2. The first kappa shape index (κ1) is 13.1. The average Bonchev–Trinajstić information content (AvgIpc) is 2.36. The molecule has 2 aliphatic rings. The molecule has 0 saturated heterocycles. The topological polar surface area (TPSA) is 29.3 Å². The van der Waals surface area contributed by atoms with Crippen LogP contribution in [0.4, 0.5) is 0 Å². The highest BCUT2D eigenvalue weighted by atomic mass is 15.1. The van der Waals surface area contributed by atoms with Crippen LogP contribution >= 0.6 is 0 Å². The highest BCUT2D eigenvalue weighted by Gasteiger charge is 2.35. The van der Waals surface area contributed by atoms with Gasteiger partial charge in [-0.3, -0.25) is 0 Å². The van der Waals surface area contributed by atoms with Crippen LogP contribution < -0.4 is 5.73 Å². The molecule has 1 aromatic rings. The average molecular weight is 258 g/mol. The molecule has 19 heavy (non-hydrogen) atoms. The second-order valence-electron chi connectivity index (χ2n) is 6.64. The lowest BCUT2D eigenvalue weighted by Crippen LogP contribution is -2.43. The minimum atomic E-state index is 0.435. The van der Waals surface area contributed by atoms with Gasteiger partial charge in [-0.15, -0.1) is 0 Å². The number of hydrogen-bond acceptors (Lipinski definition) is 2. The smallest absolute Gasteiger partial charge is 0.0371 e. The lowest BCUT2D eigenvalue weighted by molar-refractivity contribution is 0.123. The van der Waals surface area contributed by atoms with Crippen LogP contribution in [0.3, 0.4) is 0 Å². The van der Waals surface area contributed by atoms with Crippen molar-refractivity contribution in [3.63, 3.8) is 0 Å². The van der Waals surface area contributed by atoms with Crippen molar-refractivity contribution in [2.75, 3.05) is 14.1 Å². The minimum absolute atomic E-state index is 0.435. The Balaban J connectivity index is 1.86. The second kappa shape index (κ2) is 5.26. The zero-order valence-corrected chi connectivity index (χ0v) is 12.2. The Morgan fingerprint density at radius 3 is 2.42 bits per heavy atom. The quantitative estimate of drug-likeness (QED) is 0.903. The fourth-order valence-electron chi connectivity index (χ4n) is 3.90. The number of aryl methyl sites for hydroxylation is 2. The van der Waals surface area contributed by atoms with Crippen LogP contribution in [0.25, 0.3) is 0 Å². The number of nitrogens with two attached hydrogens (primary N) is 1. The predicted molar refractivity (Wildman–Crippen MR) is 80.2 cm³/mol. The van der Waals surface area contributed by atoms with Crippen LogP contribution in [0.2, 0.25) is 0 Å². The van der Waals surface area contributed by atoms with Crippen LogP contribution in [-0.2, 0) is 12.8 Å². The number of benzene rings is 1. The first-order valence-electron chi connectivity index (χ1n) is 7.69. The zero-order chi connectivity index (χ0) is 13.4. The molecule has 0 spiro atoms. The maximum absolute atomic E-state index is 5.98. The van der Waals surface area contributed by atoms with Gasteiger partial charge in [0.2, 0.25) is 0 Å². The third kappa shape index (κ3) is 2.56. The molecule has 2 aliphatic carbocycles. The molecule has 0 aromatic heterocycles. The van der Waals surface area contributed by atoms with E-state index in [1.54, 1.807) is 11.1 Å². The summed E-state index contributed by atoms with van der Waals surface area (Å²) in [4.78, 5) is 2.38. The molecule has 2 N–H and O–H groups in total. The molecule has 0 aliphatic heterocycles. The molecule has 3 rings (SSSR count). The summed E-state index contributed by atoms with van der Waals surface area (Å²) in [7, 11) is 4.40. The summed E-state index contributed by atoms with van der Waals surface area (Å²) in [5.74, 6) is 0.742. The van der Waals surface area contributed by atoms with Gasteiger partial charge in [-0.25, -0.2) is 0 Å². The van der Waals surface area contributed by atoms with Crippen LogP contribution in [0.5, 0.6) is 0 Å². The summed E-state index contributed by atoms with van der Waals surface area (Å²) in [5, 5.41) is 0. The Kier molecular flexibility index (Phi) is 3.64. The molecule has 1 atom stereocenters. The van der Waals surface area contributed by atoms with Crippen molar-refractivity contribution in [3.8, 4) is 0 Å². The van der Waals surface area contributed by atoms with Crippen molar-refractivity contribution < 1.29 is 0 Å². The van der Waals surface area contributed by atoms with Gasteiger partial charge in [-0.2, -0.15) is 0 Å². The largest absolute Gasteiger partial charge is 0.328 e. The summed E-state index contributed by atoms with van der Waals surface area (Å²) in [5.41, 5.74) is 10.7. The van der Waals surface area contributed by atoms with Gasteiger partial charge in [0.25, 0.3) is 0 Å². The number of nitrogens with zero attached hydrogens (tertiary/aromatic N) is 1. The fraction of sp³-hybridized carbons (Fsp3) is 0.647. The van der Waals surface area contributed by atoms with E-state index in [1.807, 2.05) is 0 Å². The molecular weight excluding hydrogens is 232 g/mol. The van der Waals surface area contributed by atoms with E-state index >= 15 is 0 Å². The zero-order valence-electron chi connectivity index (χ0n) is 12.2. The van der Waals surface area contributed by atoms with Gasteiger partial charge >= 0.3 is 0 Å². The molecule has 0 heterocycles. The Hall–Kier alpha value is -0.860. The summed E-state index contributed by atoms with van der Waals surface area (Å²) in [6.07, 6.45) is 7.63. The van der Waals surface area contributed by atoms with Crippen LogP contribution in [0.1, 0.15) is 48.4 Å². The van der Waals surface area contributed by atoms with Gasteiger partial charge < -0.3 is 10.6 Å². The lowest BCUT2D eigenvalue weighted by Gasteiger charge is -2.42. The number of rotatable bonds is 3. The monoisotopic (exact) mass is 258 g/mol. The van der Waals surface area contributed by atoms with Crippen molar-refractivity contribution in [1.29, 1.82) is 0 Å². The van der Waals surface area contributed by atoms with Gasteiger partial charge in [0.1, 0.15) is 0 Å². The molecule has 2 nitrogen and oxygen atoms in total. The summed E-state index contributed by atoms with van der Waals surface area (Å²) >= 11 is 0. The maximum atomic E-state index is 5.98. The van der Waals surface area contributed by atoms with Gasteiger partial charge in [0, 0.05) is 12.1 Å². The van der Waals surface area contributed by atoms with Gasteiger partial charge in [0.05, 0.1) is 0 Å². The van der Waals surface area contributed by atoms with E-state index in [4.69, 9.17) is 5.73 Å². The molecule has 1 fully saturated rings. The maximum Gasteiger partial charge on any atom is 0.0371 e. The van der Waals surface area contributed by atoms with Crippen molar-refractivity contribution >= 4 is 0 Å². The lowest BCUT2D eigenvalue weighted by atomic mass is 9.73. The molecule has 104 valence electrons.